The molecule has 2 amide bonds. The Morgan fingerprint density at radius 3 is 2.47 bits per heavy atom. The summed E-state index contributed by atoms with van der Waals surface area (Å²) in [6.07, 6.45) is -4.61. The Labute approximate surface area is 195 Å². The molecule has 2 aliphatic rings. The van der Waals surface area contributed by atoms with Gasteiger partial charge < -0.3 is 4.98 Å². The van der Waals surface area contributed by atoms with E-state index in [0.29, 0.717) is 9.90 Å². The summed E-state index contributed by atoms with van der Waals surface area (Å²) < 4.78 is 40.4. The van der Waals surface area contributed by atoms with Crippen LogP contribution in [0.5, 0.6) is 0 Å². The minimum atomic E-state index is -4.61. The molecule has 11 heteroatoms. The number of carbonyl (C=O) groups is 2. The Balaban J connectivity index is 1.63. The van der Waals surface area contributed by atoms with E-state index in [4.69, 9.17) is 0 Å². The van der Waals surface area contributed by atoms with E-state index in [1.807, 2.05) is 12.1 Å². The lowest BCUT2D eigenvalue weighted by molar-refractivity contribution is -0.137. The molecule has 0 radical (unpaired) electrons. The van der Waals surface area contributed by atoms with Gasteiger partial charge in [-0.3, -0.25) is 14.4 Å². The van der Waals surface area contributed by atoms with Gasteiger partial charge in [0.2, 0.25) is 11.8 Å². The first-order valence-corrected chi connectivity index (χ1v) is 11.8. The standard InChI is InChI=1S/C21H12BrF3N2O3S2/c22-11-5-1-3-9(7-11)13-14-16(31-17-15(13)32-20(30)26-17)19(29)27(18(14)28)12-6-2-4-10(8-12)21(23,24)25/h1-8,13-14,16H,(H,26,30)/t13-,14?,16?/m1/s1. The number of alkyl halides is 3. The summed E-state index contributed by atoms with van der Waals surface area (Å²) in [5.41, 5.74) is -0.321. The maximum atomic E-state index is 13.5. The molecule has 2 aliphatic heterocycles. The minimum absolute atomic E-state index is 0.116. The van der Waals surface area contributed by atoms with E-state index in [1.54, 1.807) is 12.1 Å². The zero-order valence-corrected chi connectivity index (χ0v) is 19.1. The molecule has 1 fully saturated rings. The Hall–Kier alpha value is -2.37. The van der Waals surface area contributed by atoms with Gasteiger partial charge in [0.1, 0.15) is 5.25 Å². The van der Waals surface area contributed by atoms with Crippen LogP contribution in [0.25, 0.3) is 0 Å². The molecule has 2 aromatic carbocycles. The number of aromatic nitrogens is 1. The summed E-state index contributed by atoms with van der Waals surface area (Å²) in [4.78, 5) is 42.8. The number of hydrogen-bond donors (Lipinski definition) is 1. The van der Waals surface area contributed by atoms with Crippen LogP contribution in [0, 0.1) is 5.92 Å². The van der Waals surface area contributed by atoms with Crippen LogP contribution in [0.3, 0.4) is 0 Å². The van der Waals surface area contributed by atoms with E-state index >= 15 is 0 Å². The number of nitrogens with one attached hydrogen (secondary N) is 1. The molecule has 0 bridgehead atoms. The monoisotopic (exact) mass is 540 g/mol. The number of aromatic amines is 1. The number of rotatable bonds is 2. The van der Waals surface area contributed by atoms with Crippen LogP contribution in [-0.2, 0) is 15.8 Å². The number of H-pyrrole nitrogens is 1. The first-order valence-electron chi connectivity index (χ1n) is 9.35. The van der Waals surface area contributed by atoms with Gasteiger partial charge in [-0.1, -0.05) is 57.2 Å². The Bertz CT molecular complexity index is 1320. The van der Waals surface area contributed by atoms with Crippen molar-refractivity contribution in [2.45, 2.75) is 22.4 Å². The van der Waals surface area contributed by atoms with Gasteiger partial charge >= 0.3 is 11.0 Å². The van der Waals surface area contributed by atoms with Crippen LogP contribution < -0.4 is 9.77 Å². The van der Waals surface area contributed by atoms with Gasteiger partial charge in [-0.05, 0) is 35.9 Å². The molecular formula is C21H12BrF3N2O3S2. The highest BCUT2D eigenvalue weighted by Crippen LogP contribution is 2.53. The van der Waals surface area contributed by atoms with Gasteiger partial charge in [0.15, 0.2) is 0 Å². The molecule has 0 aliphatic carbocycles. The minimum Gasteiger partial charge on any atom is -0.307 e. The summed E-state index contributed by atoms with van der Waals surface area (Å²) in [5.74, 6) is -2.61. The molecule has 5 nitrogen and oxygen atoms in total. The molecule has 3 atom stereocenters. The molecule has 2 unspecified atom stereocenters. The second-order valence-electron chi connectivity index (χ2n) is 7.36. The lowest BCUT2D eigenvalue weighted by atomic mass is 9.83. The highest BCUT2D eigenvalue weighted by Gasteiger charge is 2.56. The highest BCUT2D eigenvalue weighted by molar-refractivity contribution is 9.10. The Morgan fingerprint density at radius 1 is 1.00 bits per heavy atom. The third-order valence-corrected chi connectivity index (χ3v) is 8.36. The molecule has 3 heterocycles. The van der Waals surface area contributed by atoms with Gasteiger partial charge in [-0.2, -0.15) is 13.2 Å². The molecular weight excluding hydrogens is 529 g/mol. The number of carbonyl (C=O) groups excluding carboxylic acids is 2. The molecule has 1 N–H and O–H groups in total. The van der Waals surface area contributed by atoms with Crippen molar-refractivity contribution in [2.75, 3.05) is 4.90 Å². The van der Waals surface area contributed by atoms with E-state index in [-0.39, 0.29) is 10.6 Å². The van der Waals surface area contributed by atoms with Gasteiger partial charge in [0.05, 0.1) is 22.2 Å². The number of nitrogens with zero attached hydrogens (tertiary/aromatic N) is 1. The number of fused-ring (bicyclic) bond motifs is 2. The summed E-state index contributed by atoms with van der Waals surface area (Å²) in [6.45, 7) is 0. The van der Waals surface area contributed by atoms with Crippen molar-refractivity contribution >= 4 is 56.5 Å². The summed E-state index contributed by atoms with van der Waals surface area (Å²) in [7, 11) is 0. The summed E-state index contributed by atoms with van der Waals surface area (Å²) in [6, 6.07) is 11.4. The smallest absolute Gasteiger partial charge is 0.307 e. The maximum absolute atomic E-state index is 13.5. The topological polar surface area (TPSA) is 70.2 Å². The zero-order valence-electron chi connectivity index (χ0n) is 15.9. The fourth-order valence-corrected chi connectivity index (χ4v) is 7.08. The van der Waals surface area contributed by atoms with Crippen molar-refractivity contribution in [3.63, 3.8) is 0 Å². The number of benzene rings is 2. The van der Waals surface area contributed by atoms with E-state index in [0.717, 1.165) is 50.2 Å². The van der Waals surface area contributed by atoms with Crippen molar-refractivity contribution in [1.82, 2.24) is 4.98 Å². The van der Waals surface area contributed by atoms with Crippen LogP contribution in [-0.4, -0.2) is 22.0 Å². The fraction of sp³-hybridized carbons (Fsp3) is 0.190. The van der Waals surface area contributed by atoms with Crippen molar-refractivity contribution in [3.05, 3.63) is 78.7 Å². The normalized spacial score (nSPS) is 22.8. The second kappa shape index (κ2) is 7.60. The van der Waals surface area contributed by atoms with Gasteiger partial charge in [-0.15, -0.1) is 0 Å². The van der Waals surface area contributed by atoms with Gasteiger partial charge in [0.25, 0.3) is 0 Å². The number of imide groups is 1. The third kappa shape index (κ3) is 3.43. The average Bonchev–Trinajstić information content (AvgIpc) is 3.22. The van der Waals surface area contributed by atoms with Crippen LogP contribution in [0.1, 0.15) is 21.9 Å². The molecule has 1 saturated heterocycles. The van der Waals surface area contributed by atoms with Crippen molar-refractivity contribution in [3.8, 4) is 0 Å². The van der Waals surface area contributed by atoms with Gasteiger partial charge in [-0.25, -0.2) is 4.90 Å². The van der Waals surface area contributed by atoms with Crippen molar-refractivity contribution in [1.29, 1.82) is 0 Å². The highest BCUT2D eigenvalue weighted by atomic mass is 79.9. The number of amides is 2. The van der Waals surface area contributed by atoms with E-state index in [1.165, 1.54) is 12.1 Å². The first-order chi connectivity index (χ1) is 15.1. The van der Waals surface area contributed by atoms with E-state index in [2.05, 4.69) is 20.9 Å². The van der Waals surface area contributed by atoms with Crippen molar-refractivity contribution in [2.24, 2.45) is 5.92 Å². The fourth-order valence-electron chi connectivity index (χ4n) is 4.15. The number of thiazole rings is 1. The van der Waals surface area contributed by atoms with Crippen LogP contribution >= 0.6 is 39.0 Å². The van der Waals surface area contributed by atoms with Crippen molar-refractivity contribution < 1.29 is 22.8 Å². The Morgan fingerprint density at radius 2 is 1.75 bits per heavy atom. The lowest BCUT2D eigenvalue weighted by Gasteiger charge is -2.29. The molecule has 1 aromatic heterocycles. The predicted octanol–water partition coefficient (Wildman–Crippen LogP) is 5.01. The van der Waals surface area contributed by atoms with E-state index < -0.39 is 40.6 Å². The van der Waals surface area contributed by atoms with Crippen LogP contribution in [0.2, 0.25) is 0 Å². The number of hydrogen-bond acceptors (Lipinski definition) is 5. The lowest BCUT2D eigenvalue weighted by Crippen LogP contribution is -2.32. The molecule has 164 valence electrons. The summed E-state index contributed by atoms with van der Waals surface area (Å²) >= 11 is 5.46. The van der Waals surface area contributed by atoms with Crippen LogP contribution in [0.4, 0.5) is 18.9 Å². The third-order valence-electron chi connectivity index (χ3n) is 5.46. The number of anilines is 1. The molecule has 0 spiro atoms. The number of halogens is 4. The Kier molecular flexibility index (Phi) is 5.10. The van der Waals surface area contributed by atoms with E-state index in [9.17, 15) is 27.6 Å². The maximum Gasteiger partial charge on any atom is 0.416 e. The molecule has 0 saturated carbocycles. The largest absolute Gasteiger partial charge is 0.416 e. The molecule has 32 heavy (non-hydrogen) atoms. The quantitative estimate of drug-likeness (QED) is 0.463. The first kappa shape index (κ1) is 21.5. The molecule has 3 aromatic rings. The van der Waals surface area contributed by atoms with Gasteiger partial charge in [0, 0.05) is 15.3 Å². The second-order valence-corrected chi connectivity index (χ2v) is 10.4. The predicted molar refractivity (Wildman–Crippen MR) is 118 cm³/mol. The van der Waals surface area contributed by atoms with Crippen LogP contribution in [0.15, 0.2) is 62.8 Å². The average molecular weight is 541 g/mol. The molecule has 5 rings (SSSR count). The number of thioether (sulfide) groups is 1. The summed E-state index contributed by atoms with van der Waals surface area (Å²) in [5, 5.41) is -0.350. The zero-order chi connectivity index (χ0) is 22.8. The SMILES string of the molecule is O=C1C2Sc3[nH]c(=O)sc3[C@H](c3cccc(Br)c3)C2C(=O)N1c1cccc(C(F)(F)F)c1.